The van der Waals surface area contributed by atoms with Gasteiger partial charge in [-0.15, -0.1) is 5.10 Å². The number of nitriles is 1. The van der Waals surface area contributed by atoms with Crippen LogP contribution in [0.5, 0.6) is 0 Å². The number of nitrogens with zero attached hydrogens (tertiary/aromatic N) is 5. The van der Waals surface area contributed by atoms with Crippen molar-refractivity contribution in [3.63, 3.8) is 0 Å². The number of amides is 1. The third-order valence-corrected chi connectivity index (χ3v) is 7.58. The van der Waals surface area contributed by atoms with Crippen molar-refractivity contribution in [2.75, 3.05) is 31.8 Å². The lowest BCUT2D eigenvalue weighted by molar-refractivity contribution is -0.211. The first-order chi connectivity index (χ1) is 20.6. The number of aromatic nitrogens is 3. The normalized spacial score (nSPS) is 27.2. The number of rotatable bonds is 7. The molecule has 5 unspecified atom stereocenters. The molecule has 43 heavy (non-hydrogen) atoms. The number of aliphatic hydroxyl groups is 3. The fourth-order valence-corrected chi connectivity index (χ4v) is 5.52. The molecule has 2 aliphatic rings. The van der Waals surface area contributed by atoms with Gasteiger partial charge in [-0.1, -0.05) is 16.8 Å². The zero-order chi connectivity index (χ0) is 31.0. The van der Waals surface area contributed by atoms with Crippen LogP contribution in [0.2, 0.25) is 5.02 Å². The minimum Gasteiger partial charge on any atom is -0.394 e. The van der Waals surface area contributed by atoms with Gasteiger partial charge in [-0.05, 0) is 30.3 Å². The maximum Gasteiger partial charge on any atom is 0.259 e. The molecule has 7 atom stereocenters. The SMILES string of the molecule is COC1C(C(=O)N(c2cc(Cl)cc(C#N)c2)[C@@H]2COC[C@H]2O)OC(CO)C(O)C1n1cc(-c2cc(F)c(F)c(F)c2)nn1. The van der Waals surface area contributed by atoms with Gasteiger partial charge in [-0.2, -0.15) is 5.26 Å². The van der Waals surface area contributed by atoms with Crippen LogP contribution >= 0.6 is 11.6 Å². The highest BCUT2D eigenvalue weighted by molar-refractivity contribution is 6.31. The average molecular weight is 624 g/mol. The molecule has 2 aromatic carbocycles. The zero-order valence-electron chi connectivity index (χ0n) is 22.3. The molecule has 1 aromatic heterocycles. The van der Waals surface area contributed by atoms with Crippen molar-refractivity contribution in [3.05, 3.63) is 64.6 Å². The van der Waals surface area contributed by atoms with Crippen LogP contribution in [-0.4, -0.2) is 99.7 Å². The molecule has 0 aliphatic carbocycles. The lowest BCUT2D eigenvalue weighted by Crippen LogP contribution is -2.63. The maximum absolute atomic E-state index is 14.3. The number of hydrogen-bond donors (Lipinski definition) is 3. The van der Waals surface area contributed by atoms with Crippen LogP contribution in [0.1, 0.15) is 11.6 Å². The molecule has 0 spiro atoms. The van der Waals surface area contributed by atoms with Crippen molar-refractivity contribution in [1.29, 1.82) is 5.26 Å². The predicted octanol–water partition coefficient (Wildman–Crippen LogP) is 1.36. The van der Waals surface area contributed by atoms with Gasteiger partial charge in [0.1, 0.15) is 36.2 Å². The van der Waals surface area contributed by atoms with E-state index >= 15 is 0 Å². The van der Waals surface area contributed by atoms with Crippen LogP contribution < -0.4 is 4.90 Å². The molecule has 1 amide bonds. The third kappa shape index (κ3) is 5.83. The molecule has 228 valence electrons. The molecule has 0 bridgehead atoms. The number of benzene rings is 2. The molecular formula is C27H25ClF3N5O7. The van der Waals surface area contributed by atoms with Crippen molar-refractivity contribution in [2.24, 2.45) is 0 Å². The molecule has 12 nitrogen and oxygen atoms in total. The number of hydrogen-bond acceptors (Lipinski definition) is 10. The van der Waals surface area contributed by atoms with Crippen molar-refractivity contribution < 1.29 is 47.5 Å². The highest BCUT2D eigenvalue weighted by Crippen LogP contribution is 2.36. The summed E-state index contributed by atoms with van der Waals surface area (Å²) in [5.41, 5.74) is 0.0336. The number of ether oxygens (including phenoxy) is 3. The van der Waals surface area contributed by atoms with Gasteiger partial charge in [0.05, 0.1) is 43.7 Å². The van der Waals surface area contributed by atoms with E-state index < -0.39 is 72.6 Å². The third-order valence-electron chi connectivity index (χ3n) is 7.36. The summed E-state index contributed by atoms with van der Waals surface area (Å²) in [6.45, 7) is -0.886. The van der Waals surface area contributed by atoms with E-state index in [0.29, 0.717) is 0 Å². The fraction of sp³-hybridized carbons (Fsp3) is 0.407. The van der Waals surface area contributed by atoms with Gasteiger partial charge in [-0.3, -0.25) is 4.79 Å². The molecule has 0 saturated carbocycles. The smallest absolute Gasteiger partial charge is 0.259 e. The summed E-state index contributed by atoms with van der Waals surface area (Å²) in [6.07, 6.45) is -5.64. The highest BCUT2D eigenvalue weighted by Gasteiger charge is 2.52. The highest BCUT2D eigenvalue weighted by atomic mass is 35.5. The standard InChI is InChI=1S/C27H25ClF3N5O7/c1-41-25-23(35-8-18(33-34-35)13-4-16(29)22(31)17(30)5-13)24(39)21(9-37)43-26(25)27(40)36(19-10-42-11-20(19)38)15-3-12(7-32)2-14(28)6-15/h2-6,8,19-21,23-26,37-39H,9-11H2,1H3/t19-,20-,21?,23?,24?,25?,26?/m1/s1. The lowest BCUT2D eigenvalue weighted by atomic mass is 9.91. The summed E-state index contributed by atoms with van der Waals surface area (Å²) >= 11 is 6.22. The van der Waals surface area contributed by atoms with Crippen LogP contribution in [0.15, 0.2) is 36.5 Å². The van der Waals surface area contributed by atoms with Crippen molar-refractivity contribution in [1.82, 2.24) is 15.0 Å². The Morgan fingerprint density at radius 1 is 1.21 bits per heavy atom. The predicted molar refractivity (Wildman–Crippen MR) is 141 cm³/mol. The number of carbonyl (C=O) groups excluding carboxylic acids is 1. The first-order valence-corrected chi connectivity index (χ1v) is 13.3. The minimum atomic E-state index is -1.66. The number of halogens is 4. The number of anilines is 1. The van der Waals surface area contributed by atoms with Gasteiger partial charge in [0.2, 0.25) is 0 Å². The molecule has 2 fully saturated rings. The molecule has 2 saturated heterocycles. The van der Waals surface area contributed by atoms with Crippen LogP contribution in [0.3, 0.4) is 0 Å². The van der Waals surface area contributed by atoms with Crippen LogP contribution in [0, 0.1) is 28.8 Å². The van der Waals surface area contributed by atoms with E-state index in [2.05, 4.69) is 10.3 Å². The summed E-state index contributed by atoms with van der Waals surface area (Å²) in [4.78, 5) is 15.5. The van der Waals surface area contributed by atoms with Gasteiger partial charge in [0.15, 0.2) is 23.6 Å². The Kier molecular flexibility index (Phi) is 8.99. The number of carbonyl (C=O) groups is 1. The maximum atomic E-state index is 14.3. The van der Waals surface area contributed by atoms with Crippen LogP contribution in [-0.2, 0) is 19.0 Å². The van der Waals surface area contributed by atoms with Gasteiger partial charge < -0.3 is 34.4 Å². The van der Waals surface area contributed by atoms with Gasteiger partial charge in [0, 0.05) is 23.4 Å². The van der Waals surface area contributed by atoms with Gasteiger partial charge >= 0.3 is 0 Å². The summed E-state index contributed by atoms with van der Waals surface area (Å²) < 4.78 is 59.2. The van der Waals surface area contributed by atoms with E-state index in [1.54, 1.807) is 0 Å². The van der Waals surface area contributed by atoms with Crippen LogP contribution in [0.4, 0.5) is 18.9 Å². The van der Waals surface area contributed by atoms with Gasteiger partial charge in [-0.25, -0.2) is 17.9 Å². The Morgan fingerprint density at radius 2 is 1.93 bits per heavy atom. The van der Waals surface area contributed by atoms with Crippen molar-refractivity contribution in [3.8, 4) is 17.3 Å². The Balaban J connectivity index is 1.55. The van der Waals surface area contributed by atoms with E-state index in [4.69, 9.17) is 25.8 Å². The second-order valence-electron chi connectivity index (χ2n) is 9.99. The fourth-order valence-electron chi connectivity index (χ4n) is 5.29. The quantitative estimate of drug-likeness (QED) is 0.328. The Morgan fingerprint density at radius 3 is 2.53 bits per heavy atom. The molecular weight excluding hydrogens is 599 g/mol. The summed E-state index contributed by atoms with van der Waals surface area (Å²) in [7, 11) is 1.24. The number of aliphatic hydroxyl groups excluding tert-OH is 3. The minimum absolute atomic E-state index is 0.0710. The monoisotopic (exact) mass is 623 g/mol. The molecule has 16 heteroatoms. The topological polar surface area (TPSA) is 163 Å². The Bertz CT molecular complexity index is 1530. The molecule has 3 heterocycles. The molecule has 2 aliphatic heterocycles. The van der Waals surface area contributed by atoms with Crippen molar-refractivity contribution >= 4 is 23.2 Å². The summed E-state index contributed by atoms with van der Waals surface area (Å²) in [5.74, 6) is -5.34. The lowest BCUT2D eigenvalue weighted by Gasteiger charge is -2.45. The van der Waals surface area contributed by atoms with E-state index in [9.17, 15) is 38.5 Å². The molecule has 5 rings (SSSR count). The second kappa shape index (κ2) is 12.5. The summed E-state index contributed by atoms with van der Waals surface area (Å²) in [5, 5.41) is 49.3. The van der Waals surface area contributed by atoms with E-state index in [0.717, 1.165) is 16.8 Å². The zero-order valence-corrected chi connectivity index (χ0v) is 23.1. The largest absolute Gasteiger partial charge is 0.394 e. The first-order valence-electron chi connectivity index (χ1n) is 12.9. The molecule has 3 N–H and O–H groups in total. The Hall–Kier alpha value is -3.62. The Labute approximate surface area is 247 Å². The van der Waals surface area contributed by atoms with Crippen LogP contribution in [0.25, 0.3) is 11.3 Å². The average Bonchev–Trinajstić information content (AvgIpc) is 3.64. The second-order valence-corrected chi connectivity index (χ2v) is 10.4. The molecule has 0 radical (unpaired) electrons. The molecule has 3 aromatic rings. The first kappa shape index (κ1) is 30.8. The van der Waals surface area contributed by atoms with Gasteiger partial charge in [0.25, 0.3) is 5.91 Å². The van der Waals surface area contributed by atoms with E-state index in [-0.39, 0.29) is 40.7 Å². The van der Waals surface area contributed by atoms with Crippen molar-refractivity contribution in [2.45, 2.75) is 42.6 Å². The van der Waals surface area contributed by atoms with E-state index in [1.807, 2.05) is 6.07 Å². The van der Waals surface area contributed by atoms with E-state index in [1.165, 1.54) is 36.4 Å². The number of methoxy groups -OCH3 is 1. The summed E-state index contributed by atoms with van der Waals surface area (Å²) in [6, 6.07) is 5.40.